The first-order chi connectivity index (χ1) is 16.6. The molecule has 2 heterocycles. The summed E-state index contributed by atoms with van der Waals surface area (Å²) in [5.74, 6) is 0.0620. The number of aryl methyl sites for hydroxylation is 2. The van der Waals surface area contributed by atoms with Gasteiger partial charge in [-0.25, -0.2) is 4.98 Å². The number of hydrogen-bond donors (Lipinski definition) is 2. The molecule has 170 valence electrons. The van der Waals surface area contributed by atoms with Crippen LogP contribution in [0.25, 0.3) is 22.2 Å². The van der Waals surface area contributed by atoms with Crippen LogP contribution < -0.4 is 5.32 Å². The average Bonchev–Trinajstić information content (AvgIpc) is 3.49. The molecule has 0 aliphatic carbocycles. The number of fused-ring (bicyclic) bond motifs is 1. The maximum absolute atomic E-state index is 13.8. The minimum atomic E-state index is -0.416. The summed E-state index contributed by atoms with van der Waals surface area (Å²) in [5, 5.41) is 4.44. The van der Waals surface area contributed by atoms with Gasteiger partial charge in [-0.1, -0.05) is 72.3 Å². The van der Waals surface area contributed by atoms with E-state index >= 15 is 0 Å². The Hall–Kier alpha value is -3.96. The van der Waals surface area contributed by atoms with Crippen molar-refractivity contribution in [1.82, 2.24) is 19.9 Å². The molecule has 5 aromatic rings. The number of hydrogen-bond acceptors (Lipinski definition) is 3. The first-order valence-electron chi connectivity index (χ1n) is 11.6. The molecule has 0 bridgehead atoms. The minimum Gasteiger partial charge on any atom is -0.360 e. The monoisotopic (exact) mass is 448 g/mol. The summed E-state index contributed by atoms with van der Waals surface area (Å²) in [4.78, 5) is 21.5. The number of nitrogens with zero attached hydrogens (tertiary/aromatic N) is 2. The standard InChI is InChI=1S/C29H28N4O/c1-20-8-10-21(11-9-20)14-15-30-28(22-6-4-3-5-7-22)29(34)25-17-31-26-16-23(12-13-24(25)26)27-18-33(2)19-32-27/h3-13,16-19,28,30-31H,14-15H2,1-2H3/t28-/m0/s1. The molecule has 5 heteroatoms. The predicted molar refractivity (Wildman–Crippen MR) is 137 cm³/mol. The summed E-state index contributed by atoms with van der Waals surface area (Å²) in [7, 11) is 1.95. The molecule has 0 radical (unpaired) electrons. The number of benzene rings is 3. The highest BCUT2D eigenvalue weighted by atomic mass is 16.1. The van der Waals surface area contributed by atoms with Gasteiger partial charge in [0.25, 0.3) is 0 Å². The second-order valence-corrected chi connectivity index (χ2v) is 8.78. The van der Waals surface area contributed by atoms with Crippen LogP contribution in [0, 0.1) is 6.92 Å². The van der Waals surface area contributed by atoms with Gasteiger partial charge in [0.2, 0.25) is 0 Å². The number of Topliss-reactive ketones (excluding diaryl/α,β-unsaturated/α-hetero) is 1. The van der Waals surface area contributed by atoms with Crippen molar-refractivity contribution in [3.05, 3.63) is 114 Å². The highest BCUT2D eigenvalue weighted by Crippen LogP contribution is 2.28. The summed E-state index contributed by atoms with van der Waals surface area (Å²) < 4.78 is 1.93. The van der Waals surface area contributed by atoms with E-state index in [2.05, 4.69) is 52.5 Å². The van der Waals surface area contributed by atoms with Crippen LogP contribution >= 0.6 is 0 Å². The van der Waals surface area contributed by atoms with E-state index < -0.39 is 6.04 Å². The lowest BCUT2D eigenvalue weighted by Crippen LogP contribution is -2.30. The molecule has 2 aromatic heterocycles. The number of nitrogens with one attached hydrogen (secondary N) is 2. The molecule has 0 aliphatic heterocycles. The molecule has 34 heavy (non-hydrogen) atoms. The fraction of sp³-hybridized carbons (Fsp3) is 0.172. The van der Waals surface area contributed by atoms with Crippen molar-refractivity contribution in [1.29, 1.82) is 0 Å². The predicted octanol–water partition coefficient (Wildman–Crippen LogP) is 5.63. The highest BCUT2D eigenvalue weighted by Gasteiger charge is 2.24. The molecule has 1 atom stereocenters. The van der Waals surface area contributed by atoms with Gasteiger partial charge >= 0.3 is 0 Å². The Morgan fingerprint density at radius 3 is 2.59 bits per heavy atom. The molecule has 0 saturated heterocycles. The lowest BCUT2D eigenvalue weighted by atomic mass is 9.96. The number of rotatable bonds is 8. The molecule has 5 nitrogen and oxygen atoms in total. The normalized spacial score (nSPS) is 12.2. The van der Waals surface area contributed by atoms with Crippen molar-refractivity contribution in [2.45, 2.75) is 19.4 Å². The van der Waals surface area contributed by atoms with Gasteiger partial charge in [0.05, 0.1) is 18.1 Å². The van der Waals surface area contributed by atoms with Crippen LogP contribution in [0.5, 0.6) is 0 Å². The van der Waals surface area contributed by atoms with Crippen LogP contribution in [-0.2, 0) is 13.5 Å². The number of imidazole rings is 1. The van der Waals surface area contributed by atoms with Gasteiger partial charge in [0.1, 0.15) is 0 Å². The van der Waals surface area contributed by atoms with Crippen LogP contribution in [0.1, 0.15) is 33.1 Å². The van der Waals surface area contributed by atoms with E-state index in [9.17, 15) is 4.79 Å². The fourth-order valence-electron chi connectivity index (χ4n) is 4.33. The van der Waals surface area contributed by atoms with Crippen molar-refractivity contribution in [2.24, 2.45) is 7.05 Å². The third-order valence-corrected chi connectivity index (χ3v) is 6.23. The van der Waals surface area contributed by atoms with E-state index in [4.69, 9.17) is 0 Å². The van der Waals surface area contributed by atoms with Gasteiger partial charge in [-0.2, -0.15) is 0 Å². The van der Waals surface area contributed by atoms with E-state index in [1.54, 1.807) is 6.33 Å². The fourth-order valence-corrected chi connectivity index (χ4v) is 4.33. The van der Waals surface area contributed by atoms with Gasteiger partial charge in [0, 0.05) is 48.0 Å². The molecule has 0 unspecified atom stereocenters. The molecule has 0 fully saturated rings. The van der Waals surface area contributed by atoms with Crippen molar-refractivity contribution in [2.75, 3.05) is 6.54 Å². The number of aromatic amines is 1. The zero-order valence-corrected chi connectivity index (χ0v) is 19.5. The molecule has 2 N–H and O–H groups in total. The molecular weight excluding hydrogens is 420 g/mol. The van der Waals surface area contributed by atoms with Crippen molar-refractivity contribution in [3.63, 3.8) is 0 Å². The quantitative estimate of drug-likeness (QED) is 0.302. The summed E-state index contributed by atoms with van der Waals surface area (Å²) in [6.45, 7) is 2.80. The Morgan fingerprint density at radius 2 is 1.85 bits per heavy atom. The first-order valence-corrected chi connectivity index (χ1v) is 11.6. The molecule has 3 aromatic carbocycles. The third kappa shape index (κ3) is 4.56. The largest absolute Gasteiger partial charge is 0.360 e. The van der Waals surface area contributed by atoms with Gasteiger partial charge in [0.15, 0.2) is 5.78 Å². The lowest BCUT2D eigenvalue weighted by molar-refractivity contribution is 0.0945. The van der Waals surface area contributed by atoms with Crippen LogP contribution in [-0.4, -0.2) is 26.9 Å². The van der Waals surface area contributed by atoms with E-state index in [1.165, 1.54) is 11.1 Å². The van der Waals surface area contributed by atoms with Crippen LogP contribution in [0.4, 0.5) is 0 Å². The van der Waals surface area contributed by atoms with Crippen molar-refractivity contribution >= 4 is 16.7 Å². The van der Waals surface area contributed by atoms with Crippen LogP contribution in [0.3, 0.4) is 0 Å². The number of aromatic nitrogens is 3. The van der Waals surface area contributed by atoms with Crippen molar-refractivity contribution in [3.8, 4) is 11.3 Å². The molecular formula is C29H28N4O. The number of carbonyl (C=O) groups is 1. The summed E-state index contributed by atoms with van der Waals surface area (Å²) in [5.41, 5.74) is 7.02. The Balaban J connectivity index is 1.40. The number of carbonyl (C=O) groups excluding carboxylic acids is 1. The zero-order valence-electron chi connectivity index (χ0n) is 19.5. The molecule has 0 aliphatic rings. The zero-order chi connectivity index (χ0) is 23.5. The smallest absolute Gasteiger partial charge is 0.186 e. The molecule has 5 rings (SSSR count). The summed E-state index contributed by atoms with van der Waals surface area (Å²) in [6, 6.07) is 24.2. The molecule has 0 amide bonds. The van der Waals surface area contributed by atoms with Gasteiger partial charge in [-0.05, 0) is 30.5 Å². The molecule has 0 spiro atoms. The van der Waals surface area contributed by atoms with Crippen LogP contribution in [0.15, 0.2) is 91.5 Å². The third-order valence-electron chi connectivity index (χ3n) is 6.23. The maximum atomic E-state index is 13.8. The van der Waals surface area contributed by atoms with E-state index in [0.29, 0.717) is 12.1 Å². The van der Waals surface area contributed by atoms with Gasteiger partial charge in [-0.15, -0.1) is 0 Å². The lowest BCUT2D eigenvalue weighted by Gasteiger charge is -2.18. The Labute approximate surface area is 199 Å². The number of H-pyrrole nitrogens is 1. The van der Waals surface area contributed by atoms with E-state index in [1.807, 2.05) is 66.5 Å². The average molecular weight is 449 g/mol. The summed E-state index contributed by atoms with van der Waals surface area (Å²) >= 11 is 0. The van der Waals surface area contributed by atoms with Crippen molar-refractivity contribution < 1.29 is 4.79 Å². The Kier molecular flexibility index (Phi) is 6.11. The topological polar surface area (TPSA) is 62.7 Å². The second kappa shape index (κ2) is 9.49. The highest BCUT2D eigenvalue weighted by molar-refractivity contribution is 6.11. The van der Waals surface area contributed by atoms with Crippen LogP contribution in [0.2, 0.25) is 0 Å². The second-order valence-electron chi connectivity index (χ2n) is 8.78. The minimum absolute atomic E-state index is 0.0620. The molecule has 0 saturated carbocycles. The Bertz CT molecular complexity index is 1410. The summed E-state index contributed by atoms with van der Waals surface area (Å²) in [6.07, 6.45) is 6.46. The van der Waals surface area contributed by atoms with E-state index in [-0.39, 0.29) is 5.78 Å². The van der Waals surface area contributed by atoms with Gasteiger partial charge < -0.3 is 14.9 Å². The van der Waals surface area contributed by atoms with E-state index in [0.717, 1.165) is 34.1 Å². The maximum Gasteiger partial charge on any atom is 0.186 e. The number of ketones is 1. The first kappa shape index (κ1) is 21.9. The van der Waals surface area contributed by atoms with Gasteiger partial charge in [-0.3, -0.25) is 4.79 Å². The Morgan fingerprint density at radius 1 is 1.06 bits per heavy atom. The SMILES string of the molecule is Cc1ccc(CCN[C@H](C(=O)c2c[nH]c3cc(-c4cn(C)cn4)ccc23)c2ccccc2)cc1.